The van der Waals surface area contributed by atoms with E-state index in [1.54, 1.807) is 11.8 Å². The van der Waals surface area contributed by atoms with E-state index in [1.807, 2.05) is 31.2 Å². The topological polar surface area (TPSA) is 85.5 Å². The van der Waals surface area contributed by atoms with Gasteiger partial charge in [-0.3, -0.25) is 9.59 Å². The number of aromatic nitrogens is 2. The molecule has 2 heterocycles. The van der Waals surface area contributed by atoms with E-state index in [1.165, 1.54) is 11.8 Å². The van der Waals surface area contributed by atoms with Gasteiger partial charge < -0.3 is 14.1 Å². The van der Waals surface area contributed by atoms with Gasteiger partial charge in [0.2, 0.25) is 11.8 Å². The average Bonchev–Trinajstić information content (AvgIpc) is 3.15. The third kappa shape index (κ3) is 4.88. The van der Waals surface area contributed by atoms with E-state index in [-0.39, 0.29) is 23.5 Å². The zero-order valence-corrected chi connectivity index (χ0v) is 16.3. The van der Waals surface area contributed by atoms with Gasteiger partial charge in [0.25, 0.3) is 5.22 Å². The molecule has 0 saturated carbocycles. The Balaban J connectivity index is 1.49. The second kappa shape index (κ2) is 9.03. The molecule has 1 saturated heterocycles. The van der Waals surface area contributed by atoms with Crippen LogP contribution in [0.15, 0.2) is 33.9 Å². The van der Waals surface area contributed by atoms with Crippen molar-refractivity contribution in [2.45, 2.75) is 31.9 Å². The molecule has 1 aliphatic rings. The van der Waals surface area contributed by atoms with E-state index in [4.69, 9.17) is 9.15 Å². The van der Waals surface area contributed by atoms with E-state index in [9.17, 15) is 9.59 Å². The Bertz CT molecular complexity index is 800. The van der Waals surface area contributed by atoms with Gasteiger partial charge in [-0.15, -0.1) is 10.2 Å². The predicted octanol–water partition coefficient (Wildman–Crippen LogP) is 2.94. The van der Waals surface area contributed by atoms with Gasteiger partial charge >= 0.3 is 5.97 Å². The molecule has 3 rings (SSSR count). The second-order valence-electron chi connectivity index (χ2n) is 6.38. The Morgan fingerprint density at radius 1 is 1.26 bits per heavy atom. The van der Waals surface area contributed by atoms with Crippen molar-refractivity contribution in [3.63, 3.8) is 0 Å². The molecule has 0 spiro atoms. The molecule has 0 unspecified atom stereocenters. The van der Waals surface area contributed by atoms with Crippen LogP contribution < -0.4 is 0 Å². The van der Waals surface area contributed by atoms with Crippen molar-refractivity contribution in [1.29, 1.82) is 0 Å². The molecule has 0 radical (unpaired) electrons. The summed E-state index contributed by atoms with van der Waals surface area (Å²) in [5.41, 5.74) is 1.95. The van der Waals surface area contributed by atoms with Gasteiger partial charge in [0.05, 0.1) is 18.3 Å². The lowest BCUT2D eigenvalue weighted by Crippen LogP contribution is -2.41. The molecule has 0 aliphatic carbocycles. The molecule has 1 fully saturated rings. The minimum Gasteiger partial charge on any atom is -0.466 e. The van der Waals surface area contributed by atoms with Crippen molar-refractivity contribution < 1.29 is 18.7 Å². The molecule has 1 amide bonds. The van der Waals surface area contributed by atoms with Gasteiger partial charge in [-0.05, 0) is 38.3 Å². The van der Waals surface area contributed by atoms with Crippen LogP contribution in [0.1, 0.15) is 25.3 Å². The number of rotatable bonds is 6. The first-order valence-corrected chi connectivity index (χ1v) is 10.0. The van der Waals surface area contributed by atoms with E-state index in [2.05, 4.69) is 10.2 Å². The van der Waals surface area contributed by atoms with E-state index in [0.717, 1.165) is 11.1 Å². The summed E-state index contributed by atoms with van der Waals surface area (Å²) in [7, 11) is 0. The lowest BCUT2D eigenvalue weighted by atomic mass is 9.97. The van der Waals surface area contributed by atoms with Gasteiger partial charge in [-0.25, -0.2) is 0 Å². The van der Waals surface area contributed by atoms with Crippen LogP contribution in [0.25, 0.3) is 11.5 Å². The van der Waals surface area contributed by atoms with Crippen molar-refractivity contribution in [3.8, 4) is 11.5 Å². The fourth-order valence-corrected chi connectivity index (χ4v) is 3.70. The molecule has 7 nitrogen and oxygen atoms in total. The van der Waals surface area contributed by atoms with Crippen LogP contribution in [0, 0.1) is 12.8 Å². The number of piperidine rings is 1. The molecule has 2 aromatic rings. The molecule has 0 N–H and O–H groups in total. The number of carbonyl (C=O) groups is 2. The maximum absolute atomic E-state index is 12.4. The van der Waals surface area contributed by atoms with Gasteiger partial charge in [0.1, 0.15) is 0 Å². The van der Waals surface area contributed by atoms with Gasteiger partial charge in [0, 0.05) is 18.7 Å². The number of aryl methyl sites for hydroxylation is 1. The van der Waals surface area contributed by atoms with Crippen LogP contribution >= 0.6 is 11.8 Å². The van der Waals surface area contributed by atoms with Crippen LogP contribution in [-0.2, 0) is 14.3 Å². The number of carbonyl (C=O) groups excluding carboxylic acids is 2. The lowest BCUT2D eigenvalue weighted by molar-refractivity contribution is -0.151. The standard InChI is InChI=1S/C19H23N3O4S/c1-3-25-18(24)14-8-10-22(11-9-14)16(23)12-27-19-21-20-17(26-19)15-7-5-4-6-13(15)2/h4-7,14H,3,8-12H2,1-2H3. The summed E-state index contributed by atoms with van der Waals surface area (Å²) >= 11 is 1.24. The Kier molecular flexibility index (Phi) is 6.49. The molecule has 1 aromatic heterocycles. The van der Waals surface area contributed by atoms with Crippen molar-refractivity contribution in [2.75, 3.05) is 25.4 Å². The highest BCUT2D eigenvalue weighted by Gasteiger charge is 2.28. The molecule has 0 bridgehead atoms. The highest BCUT2D eigenvalue weighted by atomic mass is 32.2. The van der Waals surface area contributed by atoms with Crippen molar-refractivity contribution in [3.05, 3.63) is 29.8 Å². The quantitative estimate of drug-likeness (QED) is 0.554. The first-order chi connectivity index (χ1) is 13.1. The van der Waals surface area contributed by atoms with Crippen molar-refractivity contribution in [1.82, 2.24) is 15.1 Å². The van der Waals surface area contributed by atoms with Crippen LogP contribution in [0.4, 0.5) is 0 Å². The van der Waals surface area contributed by atoms with E-state index < -0.39 is 0 Å². The van der Waals surface area contributed by atoms with E-state index >= 15 is 0 Å². The number of amides is 1. The number of hydrogen-bond donors (Lipinski definition) is 0. The van der Waals surface area contributed by atoms with Gasteiger partial charge in [-0.2, -0.15) is 0 Å². The minimum absolute atomic E-state index is 0.0120. The lowest BCUT2D eigenvalue weighted by Gasteiger charge is -2.30. The van der Waals surface area contributed by atoms with Gasteiger partial charge in [0.15, 0.2) is 0 Å². The molecule has 1 aliphatic heterocycles. The second-order valence-corrected chi connectivity index (χ2v) is 7.31. The third-order valence-electron chi connectivity index (χ3n) is 4.57. The molecule has 144 valence electrons. The molecule has 0 atom stereocenters. The zero-order chi connectivity index (χ0) is 19.2. The molecule has 1 aromatic carbocycles. The van der Waals surface area contributed by atoms with Crippen LogP contribution in [0.3, 0.4) is 0 Å². The van der Waals surface area contributed by atoms with Crippen molar-refractivity contribution in [2.24, 2.45) is 5.92 Å². The van der Waals surface area contributed by atoms with Gasteiger partial charge in [-0.1, -0.05) is 30.0 Å². The number of esters is 1. The SMILES string of the molecule is CCOC(=O)C1CCN(C(=O)CSc2nnc(-c3ccccc3C)o2)CC1. The largest absolute Gasteiger partial charge is 0.466 e. The molecular formula is C19H23N3O4S. The fourth-order valence-electron chi connectivity index (χ4n) is 3.03. The number of ether oxygens (including phenoxy) is 1. The molecule has 8 heteroatoms. The Morgan fingerprint density at radius 2 is 2.00 bits per heavy atom. The minimum atomic E-state index is -0.159. The monoisotopic (exact) mass is 389 g/mol. The summed E-state index contributed by atoms with van der Waals surface area (Å²) in [5.74, 6) is 0.443. The third-order valence-corrected chi connectivity index (χ3v) is 5.37. The highest BCUT2D eigenvalue weighted by molar-refractivity contribution is 7.99. The average molecular weight is 389 g/mol. The zero-order valence-electron chi connectivity index (χ0n) is 15.5. The van der Waals surface area contributed by atoms with Crippen LogP contribution in [0.5, 0.6) is 0 Å². The molecule has 27 heavy (non-hydrogen) atoms. The summed E-state index contributed by atoms with van der Waals surface area (Å²) in [6.07, 6.45) is 1.29. The fraction of sp³-hybridized carbons (Fsp3) is 0.474. The maximum atomic E-state index is 12.4. The predicted molar refractivity (Wildman–Crippen MR) is 101 cm³/mol. The first-order valence-electron chi connectivity index (χ1n) is 9.05. The summed E-state index contributed by atoms with van der Waals surface area (Å²) < 4.78 is 10.7. The maximum Gasteiger partial charge on any atom is 0.309 e. The van der Waals surface area contributed by atoms with E-state index in [0.29, 0.717) is 43.7 Å². The van der Waals surface area contributed by atoms with Crippen LogP contribution in [0.2, 0.25) is 0 Å². The number of benzene rings is 1. The number of thioether (sulfide) groups is 1. The summed E-state index contributed by atoms with van der Waals surface area (Å²) in [6.45, 7) is 5.32. The van der Waals surface area contributed by atoms with Crippen molar-refractivity contribution >= 4 is 23.6 Å². The smallest absolute Gasteiger partial charge is 0.309 e. The summed E-state index contributed by atoms with van der Waals surface area (Å²) in [5, 5.41) is 8.47. The summed E-state index contributed by atoms with van der Waals surface area (Å²) in [6, 6.07) is 7.78. The highest BCUT2D eigenvalue weighted by Crippen LogP contribution is 2.26. The Morgan fingerprint density at radius 3 is 2.70 bits per heavy atom. The summed E-state index contributed by atoms with van der Waals surface area (Å²) in [4.78, 5) is 26.0. The normalized spacial score (nSPS) is 15.0. The number of likely N-dealkylation sites (tertiary alicyclic amines) is 1. The van der Waals surface area contributed by atoms with Crippen LogP contribution in [-0.4, -0.2) is 52.4 Å². The Labute approximate surface area is 162 Å². The molecular weight excluding hydrogens is 366 g/mol. The number of nitrogens with zero attached hydrogens (tertiary/aromatic N) is 3. The number of hydrogen-bond acceptors (Lipinski definition) is 7. The Hall–Kier alpha value is -2.35. The first kappa shape index (κ1) is 19.4.